The number of carbonyl (C=O) groups is 6. The molecule has 14 heteroatoms. The lowest BCUT2D eigenvalue weighted by molar-refractivity contribution is -0.129. The van der Waals surface area contributed by atoms with E-state index < -0.39 is 12.0 Å². The van der Waals surface area contributed by atoms with Gasteiger partial charge in [0.1, 0.15) is 24.7 Å². The highest BCUT2D eigenvalue weighted by Gasteiger charge is 2.40. The molecule has 0 saturated heterocycles. The minimum atomic E-state index is -0.788. The molecule has 9 rings (SSSR count). The molecule has 14 nitrogen and oxygen atoms in total. The number of hydrogen-bond donors (Lipinski definition) is 2. The zero-order valence-corrected chi connectivity index (χ0v) is 42.7. The first-order valence-electron chi connectivity index (χ1n) is 25.6. The highest BCUT2D eigenvalue weighted by molar-refractivity contribution is 6.12. The van der Waals surface area contributed by atoms with Gasteiger partial charge in [-0.1, -0.05) is 50.2 Å². The van der Waals surface area contributed by atoms with Gasteiger partial charge >= 0.3 is 0 Å². The van der Waals surface area contributed by atoms with Crippen molar-refractivity contribution in [3.05, 3.63) is 136 Å². The number of fused-ring (bicyclic) bond motifs is 8. The minimum absolute atomic E-state index is 0.00426. The molecule has 0 saturated carbocycles. The summed E-state index contributed by atoms with van der Waals surface area (Å²) in [6.07, 6.45) is 5.26. The van der Waals surface area contributed by atoms with Crippen LogP contribution in [0.2, 0.25) is 0 Å². The number of unbranched alkanes of at least 4 members (excludes halogenated alkanes) is 1. The Morgan fingerprint density at radius 1 is 0.712 bits per heavy atom. The lowest BCUT2D eigenvalue weighted by Gasteiger charge is -2.25. The fraction of sp³-hybridized carbons (Fsp3) is 0.390. The highest BCUT2D eigenvalue weighted by Crippen LogP contribution is 2.42. The van der Waals surface area contributed by atoms with E-state index in [2.05, 4.69) is 27.7 Å². The van der Waals surface area contributed by atoms with Gasteiger partial charge in [0, 0.05) is 79.9 Å². The normalized spacial score (nSPS) is 17.2. The molecular weight excluding hydrogens is 923 g/mol. The molecule has 73 heavy (non-hydrogen) atoms. The van der Waals surface area contributed by atoms with Crippen LogP contribution in [-0.2, 0) is 51.7 Å². The van der Waals surface area contributed by atoms with Crippen LogP contribution in [0.4, 0.5) is 22.7 Å². The number of Topliss-reactive ketones (excluding diaryl/α,β-unsaturated/α-hetero) is 2. The van der Waals surface area contributed by atoms with Crippen LogP contribution in [0.15, 0.2) is 91.0 Å². The van der Waals surface area contributed by atoms with Crippen molar-refractivity contribution in [2.45, 2.75) is 123 Å². The van der Waals surface area contributed by atoms with Gasteiger partial charge in [-0.3, -0.25) is 28.8 Å². The Hall–Kier alpha value is -7.48. The van der Waals surface area contributed by atoms with E-state index >= 15 is 0 Å². The van der Waals surface area contributed by atoms with E-state index in [0.29, 0.717) is 78.3 Å². The van der Waals surface area contributed by atoms with Gasteiger partial charge in [-0.15, -0.1) is 0 Å². The first-order valence-corrected chi connectivity index (χ1v) is 25.6. The largest absolute Gasteiger partial charge is 0.493 e. The quantitative estimate of drug-likeness (QED) is 0.0763. The number of methoxy groups -OCH3 is 1. The summed E-state index contributed by atoms with van der Waals surface area (Å²) in [5, 5.41) is 5.77. The summed E-state index contributed by atoms with van der Waals surface area (Å²) in [6, 6.07) is 28.5. The number of likely N-dealkylation sites (N-methyl/N-ethyl adjacent to an activating group) is 1. The molecule has 0 aromatic heterocycles. The number of carbonyl (C=O) groups excluding carboxylic acids is 6. The summed E-state index contributed by atoms with van der Waals surface area (Å²) in [4.78, 5) is 85.7. The van der Waals surface area contributed by atoms with Crippen molar-refractivity contribution >= 4 is 57.9 Å². The average molecular weight is 988 g/mol. The molecule has 0 bridgehead atoms. The predicted molar refractivity (Wildman–Crippen MR) is 281 cm³/mol. The number of rotatable bonds is 19. The van der Waals surface area contributed by atoms with Crippen molar-refractivity contribution in [1.29, 1.82) is 0 Å². The van der Waals surface area contributed by atoms with Crippen LogP contribution in [-0.4, -0.2) is 74.0 Å². The Bertz CT molecular complexity index is 2990. The molecule has 0 unspecified atom stereocenters. The second kappa shape index (κ2) is 21.7. The third-order valence-corrected chi connectivity index (χ3v) is 14.8. The average Bonchev–Trinajstić information content (AvgIpc) is 3.88. The number of nitrogens with one attached hydrogen (secondary N) is 2. The zero-order valence-electron chi connectivity index (χ0n) is 42.7. The molecule has 4 atom stereocenters. The molecule has 4 amide bonds. The molecule has 0 fully saturated rings. The van der Waals surface area contributed by atoms with Crippen LogP contribution in [0, 0.1) is 12.8 Å². The second-order valence-electron chi connectivity index (χ2n) is 20.1. The maximum atomic E-state index is 14.2. The molecule has 380 valence electrons. The number of benzene rings is 5. The summed E-state index contributed by atoms with van der Waals surface area (Å²) in [7, 11) is 3.55. The van der Waals surface area contributed by atoms with Gasteiger partial charge in [-0.05, 0) is 134 Å². The Kier molecular flexibility index (Phi) is 15.0. The smallest absolute Gasteiger partial charge is 0.260 e. The second-order valence-corrected chi connectivity index (χ2v) is 20.1. The molecular formula is C59H65N5O9. The molecule has 4 aliphatic heterocycles. The first-order chi connectivity index (χ1) is 35.2. The summed E-state index contributed by atoms with van der Waals surface area (Å²) >= 11 is 0. The van der Waals surface area contributed by atoms with Gasteiger partial charge in [0.05, 0.1) is 30.4 Å². The van der Waals surface area contributed by atoms with Crippen molar-refractivity contribution in [2.24, 2.45) is 5.92 Å². The van der Waals surface area contributed by atoms with Gasteiger partial charge in [0.25, 0.3) is 11.8 Å². The van der Waals surface area contributed by atoms with Crippen molar-refractivity contribution in [1.82, 2.24) is 5.32 Å². The van der Waals surface area contributed by atoms with E-state index in [-0.39, 0.29) is 73.3 Å². The molecule has 0 spiro atoms. The van der Waals surface area contributed by atoms with Crippen LogP contribution in [0.1, 0.15) is 120 Å². The lowest BCUT2D eigenvalue weighted by Crippen LogP contribution is -2.41. The Morgan fingerprint density at radius 3 is 2.03 bits per heavy atom. The van der Waals surface area contributed by atoms with Crippen molar-refractivity contribution in [3.63, 3.8) is 0 Å². The Labute approximate surface area is 427 Å². The van der Waals surface area contributed by atoms with E-state index in [4.69, 9.17) is 14.2 Å². The summed E-state index contributed by atoms with van der Waals surface area (Å²) in [6.45, 7) is 7.88. The van der Waals surface area contributed by atoms with E-state index in [1.165, 1.54) is 11.1 Å². The molecule has 0 radical (unpaired) electrons. The van der Waals surface area contributed by atoms with Crippen molar-refractivity contribution < 1.29 is 43.0 Å². The number of anilines is 4. The maximum absolute atomic E-state index is 14.2. The van der Waals surface area contributed by atoms with Gasteiger partial charge in [-0.2, -0.15) is 0 Å². The number of para-hydroxylation sites is 2. The van der Waals surface area contributed by atoms with Crippen LogP contribution < -0.4 is 39.5 Å². The standard InChI is InChI=1S/C59H65N5O9/c1-7-46(65)16-10-13-19-56(67)60-37(4)52(66)23-36(3)57(68)61-43-25-38(33-72-53-31-51-48(22-35(53)2)59(70)64-45(32-62(51)5)28-42-15-9-12-18-50(42)64)24-39(26-43)34-73-55-29-40-20-21-44-27-41-14-8-11-17-49(41)63(44)58(69)47(40)30-54(55)71-6/h8-9,11-12,14-15,17-18,22,24-26,29-31,36-37,44-45H,7,10,13,16,19-21,23,27-28,32-34H2,1-6H3,(H,60,67)(H,61,68)/t36-,37-,44+,45-/m0/s1. The number of ketones is 2. The third-order valence-electron chi connectivity index (χ3n) is 14.8. The molecule has 4 aliphatic rings. The number of amides is 4. The monoisotopic (exact) mass is 987 g/mol. The van der Waals surface area contributed by atoms with Crippen molar-refractivity contribution in [2.75, 3.05) is 40.7 Å². The number of nitrogens with zero attached hydrogens (tertiary/aromatic N) is 3. The van der Waals surface area contributed by atoms with Crippen LogP contribution in [0.5, 0.6) is 17.2 Å². The van der Waals surface area contributed by atoms with Gasteiger partial charge < -0.3 is 39.5 Å². The third kappa shape index (κ3) is 10.8. The van der Waals surface area contributed by atoms with E-state index in [1.807, 2.05) is 103 Å². The van der Waals surface area contributed by atoms with Crippen LogP contribution >= 0.6 is 0 Å². The van der Waals surface area contributed by atoms with E-state index in [0.717, 1.165) is 53.0 Å². The molecule has 5 aromatic rings. The lowest BCUT2D eigenvalue weighted by atomic mass is 9.99. The van der Waals surface area contributed by atoms with Gasteiger partial charge in [0.2, 0.25) is 11.8 Å². The number of ether oxygens (including phenoxy) is 3. The summed E-state index contributed by atoms with van der Waals surface area (Å²) in [5.41, 5.74) is 9.82. The molecule has 0 aliphatic carbocycles. The fourth-order valence-corrected chi connectivity index (χ4v) is 10.8. The molecule has 5 aromatic carbocycles. The van der Waals surface area contributed by atoms with E-state index in [1.54, 1.807) is 27.0 Å². The number of aryl methyl sites for hydroxylation is 2. The topological polar surface area (TPSA) is 164 Å². The van der Waals surface area contributed by atoms with Crippen LogP contribution in [0.25, 0.3) is 0 Å². The predicted octanol–water partition coefficient (Wildman–Crippen LogP) is 9.28. The first kappa shape index (κ1) is 50.5. The van der Waals surface area contributed by atoms with Gasteiger partial charge in [0.15, 0.2) is 17.3 Å². The SMILES string of the molecule is CCC(=O)CCCCC(=O)N[C@@H](C)C(=O)C[C@H](C)C(=O)Nc1cc(COc2cc3c(cc2C)C(=O)N2c4ccccc4C[C@H]2CN3C)cc(COc2cc3c(cc2OC)C(=O)N2c4ccccc4C[C@H]2CC3)c1. The summed E-state index contributed by atoms with van der Waals surface area (Å²) in [5.74, 6) is -0.0791. The Morgan fingerprint density at radius 2 is 1.34 bits per heavy atom. The zero-order chi connectivity index (χ0) is 51.5. The van der Waals surface area contributed by atoms with Crippen LogP contribution in [0.3, 0.4) is 0 Å². The van der Waals surface area contributed by atoms with Gasteiger partial charge in [-0.25, -0.2) is 0 Å². The number of hydrogen-bond acceptors (Lipinski definition) is 10. The molecule has 2 N–H and O–H groups in total. The minimum Gasteiger partial charge on any atom is -0.493 e. The van der Waals surface area contributed by atoms with Crippen molar-refractivity contribution in [3.8, 4) is 17.2 Å². The summed E-state index contributed by atoms with van der Waals surface area (Å²) < 4.78 is 18.9. The maximum Gasteiger partial charge on any atom is 0.260 e. The molecule has 4 heterocycles. The highest BCUT2D eigenvalue weighted by atomic mass is 16.5. The Balaban J connectivity index is 0.928. The van der Waals surface area contributed by atoms with E-state index in [9.17, 15) is 28.8 Å². The fourth-order valence-electron chi connectivity index (χ4n) is 10.8.